The fourth-order valence-electron chi connectivity index (χ4n) is 2.36. The van der Waals surface area contributed by atoms with E-state index >= 15 is 0 Å². The second kappa shape index (κ2) is 7.63. The quantitative estimate of drug-likeness (QED) is 0.613. The minimum absolute atomic E-state index is 0. The number of aromatic nitrogens is 2. The smallest absolute Gasteiger partial charge is 0.242 e. The summed E-state index contributed by atoms with van der Waals surface area (Å²) in [5, 5.41) is 22.6. The van der Waals surface area contributed by atoms with E-state index in [-0.39, 0.29) is 18.3 Å². The molecule has 2 unspecified atom stereocenters. The van der Waals surface area contributed by atoms with Gasteiger partial charge in [0.1, 0.15) is 0 Å². The molecular weight excluding hydrogens is 407 g/mol. The van der Waals surface area contributed by atoms with Crippen molar-refractivity contribution in [1.29, 1.82) is 0 Å². The molecule has 6 nitrogen and oxygen atoms in total. The third kappa shape index (κ3) is 4.24. The van der Waals surface area contributed by atoms with E-state index < -0.39 is 12.1 Å². The van der Waals surface area contributed by atoms with Crippen LogP contribution in [0, 0.1) is 0 Å². The zero-order valence-electron chi connectivity index (χ0n) is 11.8. The van der Waals surface area contributed by atoms with Crippen LogP contribution in [0.4, 0.5) is 5.82 Å². The molecule has 0 spiro atoms. The first-order chi connectivity index (χ1) is 10.5. The number of anilines is 1. The Morgan fingerprint density at radius 3 is 2.91 bits per heavy atom. The molecule has 2 aromatic rings. The van der Waals surface area contributed by atoms with Crippen LogP contribution in [0.3, 0.4) is 0 Å². The van der Waals surface area contributed by atoms with Gasteiger partial charge in [0.15, 0.2) is 5.82 Å². The molecule has 2 heterocycles. The Bertz CT molecular complexity index is 710. The van der Waals surface area contributed by atoms with Gasteiger partial charge in [-0.05, 0) is 24.6 Å². The largest absolute Gasteiger partial charge is 0.392 e. The maximum atomic E-state index is 12.1. The number of halogens is 3. The van der Waals surface area contributed by atoms with Crippen molar-refractivity contribution >= 4 is 51.7 Å². The minimum atomic E-state index is -0.481. The minimum Gasteiger partial charge on any atom is -0.392 e. The van der Waals surface area contributed by atoms with E-state index in [4.69, 9.17) is 11.6 Å². The number of carbonyl (C=O) groups is 1. The number of carbonyl (C=O) groups excluding carboxylic acids is 1. The Labute approximate surface area is 152 Å². The maximum absolute atomic E-state index is 12.1. The van der Waals surface area contributed by atoms with Crippen molar-refractivity contribution in [2.45, 2.75) is 18.6 Å². The van der Waals surface area contributed by atoms with Crippen molar-refractivity contribution < 1.29 is 9.90 Å². The van der Waals surface area contributed by atoms with Crippen molar-refractivity contribution in [3.05, 3.63) is 33.8 Å². The molecule has 1 aromatic heterocycles. The molecule has 0 aliphatic carbocycles. The Balaban J connectivity index is 0.00000192. The number of amides is 1. The number of nitrogens with one attached hydrogen (secondary N) is 3. The standard InChI is InChI=1S/C14H14BrClN4O2.ClH/c15-7-1-2-10(16)9(3-7)11-5-13(20-19-11)18-14(22)12-4-8(21)6-17-12;/h1-3,5,8,12,17,21H,4,6H2,(H2,18,19,20,22);1H. The van der Waals surface area contributed by atoms with Gasteiger partial charge in [0.05, 0.1) is 22.9 Å². The van der Waals surface area contributed by atoms with Crippen LogP contribution in [-0.2, 0) is 4.79 Å². The van der Waals surface area contributed by atoms with Gasteiger partial charge in [-0.25, -0.2) is 0 Å². The lowest BCUT2D eigenvalue weighted by Gasteiger charge is -2.08. The number of hydrogen-bond donors (Lipinski definition) is 4. The summed E-state index contributed by atoms with van der Waals surface area (Å²) in [4.78, 5) is 12.1. The van der Waals surface area contributed by atoms with Gasteiger partial charge in [0.25, 0.3) is 0 Å². The highest BCUT2D eigenvalue weighted by Crippen LogP contribution is 2.30. The lowest BCUT2D eigenvalue weighted by atomic mass is 10.1. The Hall–Kier alpha value is -1.12. The molecule has 124 valence electrons. The van der Waals surface area contributed by atoms with E-state index in [0.717, 1.165) is 10.0 Å². The number of aromatic amines is 1. The number of aliphatic hydroxyl groups is 1. The molecule has 9 heteroatoms. The van der Waals surface area contributed by atoms with E-state index in [1.807, 2.05) is 12.1 Å². The van der Waals surface area contributed by atoms with E-state index in [2.05, 4.69) is 36.8 Å². The van der Waals surface area contributed by atoms with Gasteiger partial charge in [0, 0.05) is 22.6 Å². The molecule has 23 heavy (non-hydrogen) atoms. The molecule has 2 atom stereocenters. The average molecular weight is 422 g/mol. The number of rotatable bonds is 3. The summed E-state index contributed by atoms with van der Waals surface area (Å²) in [6.07, 6.45) is -0.0772. The molecule has 3 rings (SSSR count). The second-order valence-electron chi connectivity index (χ2n) is 5.13. The lowest BCUT2D eigenvalue weighted by Crippen LogP contribution is -2.35. The fourth-order valence-corrected chi connectivity index (χ4v) is 2.94. The predicted octanol–water partition coefficient (Wildman–Crippen LogP) is 2.58. The zero-order valence-corrected chi connectivity index (χ0v) is 15.0. The highest BCUT2D eigenvalue weighted by atomic mass is 79.9. The summed E-state index contributed by atoms with van der Waals surface area (Å²) < 4.78 is 0.899. The van der Waals surface area contributed by atoms with E-state index in [1.54, 1.807) is 12.1 Å². The first-order valence-electron chi connectivity index (χ1n) is 6.76. The van der Waals surface area contributed by atoms with Gasteiger partial charge >= 0.3 is 0 Å². The van der Waals surface area contributed by atoms with E-state index in [9.17, 15) is 9.90 Å². The number of benzene rings is 1. The van der Waals surface area contributed by atoms with Gasteiger partial charge in [-0.2, -0.15) is 5.10 Å². The van der Waals surface area contributed by atoms with Crippen LogP contribution in [0.1, 0.15) is 6.42 Å². The monoisotopic (exact) mass is 420 g/mol. The third-order valence-corrected chi connectivity index (χ3v) is 4.29. The molecular formula is C14H15BrCl2N4O2. The SMILES string of the molecule is Cl.O=C(Nc1cc(-c2cc(Br)ccc2Cl)[nH]n1)C1CC(O)CN1. The summed E-state index contributed by atoms with van der Waals surface area (Å²) in [6.45, 7) is 0.428. The Morgan fingerprint density at radius 2 is 2.22 bits per heavy atom. The van der Waals surface area contributed by atoms with Gasteiger partial charge in [-0.15, -0.1) is 12.4 Å². The first-order valence-corrected chi connectivity index (χ1v) is 7.93. The van der Waals surface area contributed by atoms with E-state index in [1.165, 1.54) is 0 Å². The zero-order chi connectivity index (χ0) is 15.7. The topological polar surface area (TPSA) is 90.0 Å². The maximum Gasteiger partial charge on any atom is 0.242 e. The van der Waals surface area contributed by atoms with Crippen LogP contribution < -0.4 is 10.6 Å². The van der Waals surface area contributed by atoms with Gasteiger partial charge < -0.3 is 15.7 Å². The van der Waals surface area contributed by atoms with Crippen LogP contribution in [-0.4, -0.2) is 39.9 Å². The summed E-state index contributed by atoms with van der Waals surface area (Å²) >= 11 is 9.57. The molecule has 1 aliphatic rings. The number of nitrogens with zero attached hydrogens (tertiary/aromatic N) is 1. The lowest BCUT2D eigenvalue weighted by molar-refractivity contribution is -0.118. The van der Waals surface area contributed by atoms with Crippen molar-refractivity contribution in [1.82, 2.24) is 15.5 Å². The molecule has 1 fully saturated rings. The first kappa shape index (κ1) is 18.2. The molecule has 1 aliphatic heterocycles. The summed E-state index contributed by atoms with van der Waals surface area (Å²) in [6, 6.07) is 6.82. The van der Waals surface area contributed by atoms with Crippen molar-refractivity contribution in [2.24, 2.45) is 0 Å². The van der Waals surface area contributed by atoms with Crippen LogP contribution in [0.5, 0.6) is 0 Å². The third-order valence-electron chi connectivity index (χ3n) is 3.47. The fraction of sp³-hybridized carbons (Fsp3) is 0.286. The summed E-state index contributed by atoms with van der Waals surface area (Å²) in [5.41, 5.74) is 1.50. The van der Waals surface area contributed by atoms with Crippen molar-refractivity contribution in [3.63, 3.8) is 0 Å². The van der Waals surface area contributed by atoms with Crippen LogP contribution >= 0.6 is 39.9 Å². The average Bonchev–Trinajstić information content (AvgIpc) is 3.11. The van der Waals surface area contributed by atoms with Crippen molar-refractivity contribution in [3.8, 4) is 11.3 Å². The number of aliphatic hydroxyl groups excluding tert-OH is 1. The molecule has 0 radical (unpaired) electrons. The molecule has 1 aromatic carbocycles. The molecule has 0 bridgehead atoms. The number of β-amino-alcohol motifs (C(OH)–C–C–N with tert-alkyl or cyclic N) is 1. The predicted molar refractivity (Wildman–Crippen MR) is 95.0 cm³/mol. The summed E-state index contributed by atoms with van der Waals surface area (Å²) in [5.74, 6) is 0.203. The Morgan fingerprint density at radius 1 is 1.43 bits per heavy atom. The van der Waals surface area contributed by atoms with Crippen LogP contribution in [0.2, 0.25) is 5.02 Å². The number of hydrogen-bond acceptors (Lipinski definition) is 4. The molecule has 4 N–H and O–H groups in total. The van der Waals surface area contributed by atoms with Crippen molar-refractivity contribution in [2.75, 3.05) is 11.9 Å². The molecule has 0 saturated carbocycles. The molecule has 1 amide bonds. The highest BCUT2D eigenvalue weighted by molar-refractivity contribution is 9.10. The highest BCUT2D eigenvalue weighted by Gasteiger charge is 2.28. The second-order valence-corrected chi connectivity index (χ2v) is 6.45. The van der Waals surface area contributed by atoms with Crippen LogP contribution in [0.25, 0.3) is 11.3 Å². The van der Waals surface area contributed by atoms with Gasteiger partial charge in [-0.3, -0.25) is 9.89 Å². The van der Waals surface area contributed by atoms with Crippen LogP contribution in [0.15, 0.2) is 28.7 Å². The number of H-pyrrole nitrogens is 1. The normalized spacial score (nSPS) is 20.1. The van der Waals surface area contributed by atoms with E-state index in [0.29, 0.717) is 29.5 Å². The summed E-state index contributed by atoms with van der Waals surface area (Å²) in [7, 11) is 0. The Kier molecular flexibility index (Phi) is 6.05. The molecule has 1 saturated heterocycles. The van der Waals surface area contributed by atoms with Gasteiger partial charge in [0.2, 0.25) is 5.91 Å². The van der Waals surface area contributed by atoms with Gasteiger partial charge in [-0.1, -0.05) is 27.5 Å².